The van der Waals surface area contributed by atoms with Gasteiger partial charge in [-0.15, -0.1) is 0 Å². The SMILES string of the molecule is CC(C)CCCC(C)C1CCC2C3CCC4CC(OC(=O)CCC(=O)OCc5cc([N+](=O)[O-])cc([N+](=O)[O-])c5)CCC4(C)C3CCC12C. The minimum Gasteiger partial charge on any atom is -0.462 e. The molecule has 1 aromatic carbocycles. The Labute approximate surface area is 285 Å². The standard InChI is InChI=1S/C38H56N2O8/c1-24(2)7-6-8-25(3)32-11-12-33-31-10-9-27-21-30(15-17-37(27,4)34(31)16-18-38(32,33)5)48-36(42)14-13-35(41)47-23-26-19-28(39(43)44)22-29(20-26)40(45)46/h19-20,22,24-25,27,30-34H,6-18,21,23H2,1-5H3. The van der Waals surface area contributed by atoms with Crippen LogP contribution < -0.4 is 0 Å². The highest BCUT2D eigenvalue weighted by atomic mass is 16.6. The molecule has 48 heavy (non-hydrogen) atoms. The molecule has 10 heteroatoms. The summed E-state index contributed by atoms with van der Waals surface area (Å²) in [5.41, 5.74) is -0.00890. The highest BCUT2D eigenvalue weighted by Gasteiger charge is 2.60. The number of carbonyl (C=O) groups is 2. The first-order valence-corrected chi connectivity index (χ1v) is 18.5. The Morgan fingerprint density at radius 3 is 2.15 bits per heavy atom. The van der Waals surface area contributed by atoms with Crippen LogP contribution >= 0.6 is 0 Å². The first-order chi connectivity index (χ1) is 22.7. The van der Waals surface area contributed by atoms with E-state index in [1.165, 1.54) is 57.8 Å². The fraction of sp³-hybridized carbons (Fsp3) is 0.789. The number of non-ortho nitro benzene ring substituents is 2. The van der Waals surface area contributed by atoms with E-state index in [2.05, 4.69) is 34.6 Å². The molecule has 9 unspecified atom stereocenters. The van der Waals surface area contributed by atoms with Crippen LogP contribution in [0.15, 0.2) is 18.2 Å². The molecule has 4 aliphatic carbocycles. The van der Waals surface area contributed by atoms with E-state index >= 15 is 0 Å². The molecule has 0 saturated heterocycles. The van der Waals surface area contributed by atoms with Crippen LogP contribution in [0.25, 0.3) is 0 Å². The number of carbonyl (C=O) groups excluding carboxylic acids is 2. The van der Waals surface area contributed by atoms with Crippen LogP contribution in [0.5, 0.6) is 0 Å². The van der Waals surface area contributed by atoms with Crippen LogP contribution in [0.3, 0.4) is 0 Å². The predicted octanol–water partition coefficient (Wildman–Crippen LogP) is 9.36. The molecule has 0 aromatic heterocycles. The van der Waals surface area contributed by atoms with E-state index in [-0.39, 0.29) is 31.1 Å². The molecule has 4 fully saturated rings. The molecular weight excluding hydrogens is 612 g/mol. The lowest BCUT2D eigenvalue weighted by Crippen LogP contribution is -2.54. The maximum atomic E-state index is 12.8. The molecule has 10 nitrogen and oxygen atoms in total. The van der Waals surface area contributed by atoms with Crippen molar-refractivity contribution in [1.82, 2.24) is 0 Å². The number of hydrogen-bond acceptors (Lipinski definition) is 8. The van der Waals surface area contributed by atoms with Crippen molar-refractivity contribution in [1.29, 1.82) is 0 Å². The van der Waals surface area contributed by atoms with Gasteiger partial charge >= 0.3 is 11.9 Å². The summed E-state index contributed by atoms with van der Waals surface area (Å²) in [5, 5.41) is 22.2. The van der Waals surface area contributed by atoms with Crippen LogP contribution in [-0.2, 0) is 25.7 Å². The number of nitrogens with zero attached hydrogens (tertiary/aromatic N) is 2. The van der Waals surface area contributed by atoms with Gasteiger partial charge in [-0.3, -0.25) is 29.8 Å². The number of fused-ring (bicyclic) bond motifs is 5. The van der Waals surface area contributed by atoms with E-state index in [1.54, 1.807) is 0 Å². The first-order valence-electron chi connectivity index (χ1n) is 18.5. The number of nitro groups is 2. The Kier molecular flexibility index (Phi) is 11.2. The molecule has 266 valence electrons. The maximum Gasteiger partial charge on any atom is 0.306 e. The van der Waals surface area contributed by atoms with Gasteiger partial charge in [0.15, 0.2) is 0 Å². The summed E-state index contributed by atoms with van der Waals surface area (Å²) in [6.45, 7) is 12.0. The normalized spacial score (nSPS) is 33.2. The second-order valence-electron chi connectivity index (χ2n) is 16.6. The van der Waals surface area contributed by atoms with E-state index < -0.39 is 33.2 Å². The molecule has 4 aliphatic rings. The van der Waals surface area contributed by atoms with Crippen molar-refractivity contribution in [2.45, 2.75) is 137 Å². The summed E-state index contributed by atoms with van der Waals surface area (Å²) in [7, 11) is 0. The molecule has 4 saturated carbocycles. The Balaban J connectivity index is 1.09. The van der Waals surface area contributed by atoms with Crippen LogP contribution in [0.1, 0.15) is 130 Å². The monoisotopic (exact) mass is 668 g/mol. The zero-order chi connectivity index (χ0) is 34.8. The van der Waals surface area contributed by atoms with E-state index in [4.69, 9.17) is 9.47 Å². The fourth-order valence-electron chi connectivity index (χ4n) is 11.0. The Bertz CT molecular complexity index is 1330. The second-order valence-corrected chi connectivity index (χ2v) is 16.6. The summed E-state index contributed by atoms with van der Waals surface area (Å²) >= 11 is 0. The van der Waals surface area contributed by atoms with Crippen molar-refractivity contribution in [3.8, 4) is 0 Å². The number of nitro benzene ring substituents is 2. The van der Waals surface area contributed by atoms with Gasteiger partial charge in [0.1, 0.15) is 12.7 Å². The average molecular weight is 669 g/mol. The lowest BCUT2D eigenvalue weighted by atomic mass is 9.44. The van der Waals surface area contributed by atoms with Gasteiger partial charge in [-0.25, -0.2) is 0 Å². The fourth-order valence-corrected chi connectivity index (χ4v) is 11.0. The molecular formula is C38H56N2O8. The third-order valence-corrected chi connectivity index (χ3v) is 13.4. The summed E-state index contributed by atoms with van der Waals surface area (Å²) < 4.78 is 11.1. The molecule has 0 spiro atoms. The molecule has 0 bridgehead atoms. The van der Waals surface area contributed by atoms with Crippen molar-refractivity contribution in [3.05, 3.63) is 44.0 Å². The maximum absolute atomic E-state index is 12.8. The molecule has 9 atom stereocenters. The molecule has 0 N–H and O–H groups in total. The van der Waals surface area contributed by atoms with Crippen LogP contribution in [0.4, 0.5) is 11.4 Å². The minimum atomic E-state index is -0.736. The number of benzene rings is 1. The molecule has 0 radical (unpaired) electrons. The highest BCUT2D eigenvalue weighted by Crippen LogP contribution is 2.68. The van der Waals surface area contributed by atoms with Crippen LogP contribution in [-0.4, -0.2) is 27.9 Å². The van der Waals surface area contributed by atoms with Crippen LogP contribution in [0, 0.1) is 72.5 Å². The van der Waals surface area contributed by atoms with Gasteiger partial charge in [0.05, 0.1) is 28.8 Å². The van der Waals surface area contributed by atoms with Gasteiger partial charge in [-0.05, 0) is 110 Å². The van der Waals surface area contributed by atoms with Crippen LogP contribution in [0.2, 0.25) is 0 Å². The highest BCUT2D eigenvalue weighted by molar-refractivity contribution is 5.77. The average Bonchev–Trinajstić information content (AvgIpc) is 3.40. The zero-order valence-corrected chi connectivity index (χ0v) is 29.6. The summed E-state index contributed by atoms with van der Waals surface area (Å²) in [4.78, 5) is 45.9. The Morgan fingerprint density at radius 2 is 1.48 bits per heavy atom. The quantitative estimate of drug-likeness (QED) is 0.115. The van der Waals surface area contributed by atoms with Gasteiger partial charge < -0.3 is 9.47 Å². The molecule has 1 aromatic rings. The van der Waals surface area contributed by atoms with E-state index in [0.29, 0.717) is 16.7 Å². The van der Waals surface area contributed by atoms with Crippen molar-refractivity contribution in [3.63, 3.8) is 0 Å². The summed E-state index contributed by atoms with van der Waals surface area (Å²) in [6, 6.07) is 3.12. The molecule has 0 heterocycles. The number of ether oxygens (including phenoxy) is 2. The van der Waals surface area contributed by atoms with Crippen molar-refractivity contribution in [2.24, 2.45) is 52.3 Å². The van der Waals surface area contributed by atoms with Gasteiger partial charge in [-0.1, -0.05) is 53.9 Å². The predicted molar refractivity (Wildman–Crippen MR) is 182 cm³/mol. The zero-order valence-electron chi connectivity index (χ0n) is 29.6. The Hall–Kier alpha value is -3.04. The Morgan fingerprint density at radius 1 is 0.833 bits per heavy atom. The third kappa shape index (κ3) is 7.72. The third-order valence-electron chi connectivity index (χ3n) is 13.4. The topological polar surface area (TPSA) is 139 Å². The smallest absolute Gasteiger partial charge is 0.306 e. The molecule has 5 rings (SSSR count). The van der Waals surface area contributed by atoms with Gasteiger partial charge in [-0.2, -0.15) is 0 Å². The summed E-state index contributed by atoms with van der Waals surface area (Å²) in [5.74, 6) is 4.32. The first kappa shape index (κ1) is 36.2. The second kappa shape index (κ2) is 14.8. The number of rotatable bonds is 13. The summed E-state index contributed by atoms with van der Waals surface area (Å²) in [6.07, 6.45) is 14.4. The number of hydrogen-bond donors (Lipinski definition) is 0. The van der Waals surface area contributed by atoms with Crippen molar-refractivity contribution in [2.75, 3.05) is 0 Å². The molecule has 0 aliphatic heterocycles. The number of esters is 2. The van der Waals surface area contributed by atoms with E-state index in [9.17, 15) is 29.8 Å². The van der Waals surface area contributed by atoms with Gasteiger partial charge in [0.2, 0.25) is 0 Å². The largest absolute Gasteiger partial charge is 0.462 e. The van der Waals surface area contributed by atoms with Crippen molar-refractivity contribution >= 4 is 23.3 Å². The van der Waals surface area contributed by atoms with Gasteiger partial charge in [0.25, 0.3) is 11.4 Å². The minimum absolute atomic E-state index is 0.117. The molecule has 0 amide bonds. The lowest BCUT2D eigenvalue weighted by Gasteiger charge is -2.61. The van der Waals surface area contributed by atoms with E-state index in [0.717, 1.165) is 73.0 Å². The lowest BCUT2D eigenvalue weighted by molar-refractivity contribution is -0.394. The van der Waals surface area contributed by atoms with Gasteiger partial charge in [0, 0.05) is 17.7 Å². The van der Waals surface area contributed by atoms with E-state index in [1.807, 2.05) is 0 Å². The van der Waals surface area contributed by atoms with Crippen molar-refractivity contribution < 1.29 is 28.9 Å².